The lowest BCUT2D eigenvalue weighted by Gasteiger charge is -2.31. The van der Waals surface area contributed by atoms with Crippen molar-refractivity contribution in [1.82, 2.24) is 10.3 Å². The Morgan fingerprint density at radius 3 is 2.77 bits per heavy atom. The van der Waals surface area contributed by atoms with E-state index in [1.165, 1.54) is 11.8 Å². The number of pyridine rings is 1. The molecule has 1 aromatic carbocycles. The predicted octanol–water partition coefficient (Wildman–Crippen LogP) is 2.68. The third-order valence-electron chi connectivity index (χ3n) is 5.17. The van der Waals surface area contributed by atoms with Crippen LogP contribution in [0.15, 0.2) is 47.6 Å². The first-order chi connectivity index (χ1) is 14.5. The number of cyclic esters (lactones) is 1. The minimum Gasteiger partial charge on any atom is -0.442 e. The van der Waals surface area contributed by atoms with Gasteiger partial charge in [-0.2, -0.15) is 0 Å². The lowest BCUT2D eigenvalue weighted by molar-refractivity contribution is -0.118. The molecule has 3 heterocycles. The molecule has 4 rings (SSSR count). The molecule has 2 aliphatic heterocycles. The third-order valence-corrected chi connectivity index (χ3v) is 6.57. The van der Waals surface area contributed by atoms with Gasteiger partial charge in [0.25, 0.3) is 5.91 Å². The van der Waals surface area contributed by atoms with E-state index in [0.29, 0.717) is 17.8 Å². The third kappa shape index (κ3) is 3.85. The first-order valence-corrected chi connectivity index (χ1v) is 10.6. The molecule has 8 nitrogen and oxygen atoms in total. The van der Waals surface area contributed by atoms with Crippen molar-refractivity contribution in [3.63, 3.8) is 0 Å². The van der Waals surface area contributed by atoms with Crippen LogP contribution in [0, 0.1) is 0 Å². The molecule has 2 aromatic rings. The quantitative estimate of drug-likeness (QED) is 0.790. The summed E-state index contributed by atoms with van der Waals surface area (Å²) in [4.78, 5) is 45.0. The molecular weight excluding hydrogens is 404 g/mol. The van der Waals surface area contributed by atoms with Crippen LogP contribution in [-0.2, 0) is 9.53 Å². The largest absolute Gasteiger partial charge is 0.442 e. The number of nitrogens with one attached hydrogen (secondary N) is 1. The molecule has 156 valence electrons. The van der Waals surface area contributed by atoms with Crippen molar-refractivity contribution in [2.45, 2.75) is 29.6 Å². The van der Waals surface area contributed by atoms with E-state index < -0.39 is 12.2 Å². The lowest BCUT2D eigenvalue weighted by atomic mass is 10.2. The van der Waals surface area contributed by atoms with Crippen molar-refractivity contribution in [3.8, 4) is 0 Å². The van der Waals surface area contributed by atoms with Gasteiger partial charge in [0.05, 0.1) is 24.0 Å². The van der Waals surface area contributed by atoms with Gasteiger partial charge in [-0.3, -0.25) is 19.5 Å². The van der Waals surface area contributed by atoms with Crippen molar-refractivity contribution in [1.29, 1.82) is 0 Å². The Hall–Kier alpha value is -3.07. The minimum absolute atomic E-state index is 0.0911. The van der Waals surface area contributed by atoms with E-state index in [-0.39, 0.29) is 23.6 Å². The van der Waals surface area contributed by atoms with Gasteiger partial charge in [-0.25, -0.2) is 4.79 Å². The molecule has 30 heavy (non-hydrogen) atoms. The summed E-state index contributed by atoms with van der Waals surface area (Å²) in [6.07, 6.45) is 2.95. The van der Waals surface area contributed by atoms with Crippen molar-refractivity contribution in [2.75, 3.05) is 29.9 Å². The molecule has 0 aliphatic carbocycles. The van der Waals surface area contributed by atoms with E-state index in [1.807, 2.05) is 25.1 Å². The van der Waals surface area contributed by atoms with Gasteiger partial charge in [-0.05, 0) is 36.8 Å². The highest BCUT2D eigenvalue weighted by Gasteiger charge is 2.35. The van der Waals surface area contributed by atoms with Gasteiger partial charge in [0, 0.05) is 35.6 Å². The first kappa shape index (κ1) is 20.2. The van der Waals surface area contributed by atoms with E-state index >= 15 is 0 Å². The molecule has 0 saturated carbocycles. The summed E-state index contributed by atoms with van der Waals surface area (Å²) < 4.78 is 5.43. The zero-order valence-corrected chi connectivity index (χ0v) is 17.5. The van der Waals surface area contributed by atoms with E-state index in [4.69, 9.17) is 4.74 Å². The van der Waals surface area contributed by atoms with E-state index in [9.17, 15) is 14.4 Å². The van der Waals surface area contributed by atoms with Crippen LogP contribution < -0.4 is 15.1 Å². The second-order valence-electron chi connectivity index (χ2n) is 7.13. The second kappa shape index (κ2) is 8.35. The van der Waals surface area contributed by atoms with Crippen molar-refractivity contribution in [2.24, 2.45) is 0 Å². The van der Waals surface area contributed by atoms with E-state index in [1.54, 1.807) is 41.4 Å². The maximum atomic E-state index is 12.4. The van der Waals surface area contributed by atoms with Gasteiger partial charge in [-0.15, -0.1) is 11.8 Å². The fraction of sp³-hybridized carbons (Fsp3) is 0.333. The van der Waals surface area contributed by atoms with Crippen molar-refractivity contribution >= 4 is 41.0 Å². The van der Waals surface area contributed by atoms with Gasteiger partial charge in [-0.1, -0.05) is 6.92 Å². The average Bonchev–Trinajstić information content (AvgIpc) is 3.15. The number of hydrogen-bond donors (Lipinski definition) is 1. The number of anilines is 2. The smallest absolute Gasteiger partial charge is 0.414 e. The highest BCUT2D eigenvalue weighted by molar-refractivity contribution is 8.01. The molecular formula is C21H22N4O4S. The maximum absolute atomic E-state index is 12.4. The second-order valence-corrected chi connectivity index (χ2v) is 8.37. The molecule has 2 aliphatic rings. The Balaban J connectivity index is 1.43. The Morgan fingerprint density at radius 1 is 1.27 bits per heavy atom. The van der Waals surface area contributed by atoms with Gasteiger partial charge >= 0.3 is 6.09 Å². The summed E-state index contributed by atoms with van der Waals surface area (Å²) >= 11 is 1.52. The Labute approximate surface area is 178 Å². The van der Waals surface area contributed by atoms with Crippen LogP contribution in [0.4, 0.5) is 16.2 Å². The van der Waals surface area contributed by atoms with Crippen LogP contribution in [0.5, 0.6) is 0 Å². The number of hydrogen-bond acceptors (Lipinski definition) is 6. The molecule has 0 radical (unpaired) electrons. The highest BCUT2D eigenvalue weighted by atomic mass is 32.2. The number of benzene rings is 1. The number of nitrogens with zero attached hydrogens (tertiary/aromatic N) is 3. The summed E-state index contributed by atoms with van der Waals surface area (Å²) in [5.41, 5.74) is 2.06. The fourth-order valence-corrected chi connectivity index (χ4v) is 4.74. The molecule has 1 saturated heterocycles. The number of ether oxygens (including phenoxy) is 1. The number of aromatic nitrogens is 1. The van der Waals surface area contributed by atoms with Gasteiger partial charge < -0.3 is 15.0 Å². The maximum Gasteiger partial charge on any atom is 0.414 e. The summed E-state index contributed by atoms with van der Waals surface area (Å²) in [7, 11) is 1.77. The standard InChI is InChI=1S/C21H22N4O4S/c1-3-17-20(27)24(2)16-5-4-14(10-18(16)30-17)25-12-15(29-21(25)28)11-23-19(26)13-6-8-22-9-7-13/h4-10,15,17H,3,11-12H2,1-2H3,(H,23,26)/t15-,17?/m0/s1. The zero-order valence-electron chi connectivity index (χ0n) is 16.7. The molecule has 1 aromatic heterocycles. The lowest BCUT2D eigenvalue weighted by Crippen LogP contribution is -2.38. The SMILES string of the molecule is CCC1Sc2cc(N3C[C@H](CNC(=O)c4ccncc4)OC3=O)ccc2N(C)C1=O. The number of rotatable bonds is 5. The zero-order chi connectivity index (χ0) is 21.3. The molecule has 0 spiro atoms. The summed E-state index contributed by atoms with van der Waals surface area (Å²) in [6.45, 7) is 2.55. The Kier molecular flexibility index (Phi) is 5.63. The number of carbonyl (C=O) groups excluding carboxylic acids is 3. The molecule has 2 atom stereocenters. The molecule has 3 amide bonds. The number of thioether (sulfide) groups is 1. The fourth-order valence-electron chi connectivity index (χ4n) is 3.49. The van der Waals surface area contributed by atoms with Crippen LogP contribution in [0.3, 0.4) is 0 Å². The Morgan fingerprint density at radius 2 is 2.03 bits per heavy atom. The molecule has 0 bridgehead atoms. The Bertz CT molecular complexity index is 984. The van der Waals surface area contributed by atoms with Gasteiger partial charge in [0.15, 0.2) is 0 Å². The van der Waals surface area contributed by atoms with Gasteiger partial charge in [0.1, 0.15) is 6.10 Å². The number of amides is 3. The van der Waals surface area contributed by atoms with Crippen molar-refractivity contribution < 1.29 is 19.1 Å². The number of carbonyl (C=O) groups is 3. The highest BCUT2D eigenvalue weighted by Crippen LogP contribution is 2.42. The first-order valence-electron chi connectivity index (χ1n) is 9.72. The van der Waals surface area contributed by atoms with Crippen LogP contribution in [0.1, 0.15) is 23.7 Å². The minimum atomic E-state index is -0.449. The van der Waals surface area contributed by atoms with E-state index in [0.717, 1.165) is 17.0 Å². The van der Waals surface area contributed by atoms with Crippen LogP contribution in [0.2, 0.25) is 0 Å². The normalized spacial score (nSPS) is 20.7. The predicted molar refractivity (Wildman–Crippen MR) is 114 cm³/mol. The molecule has 1 unspecified atom stereocenters. The van der Waals surface area contributed by atoms with Gasteiger partial charge in [0.2, 0.25) is 5.91 Å². The summed E-state index contributed by atoms with van der Waals surface area (Å²) in [5, 5.41) is 2.66. The molecule has 1 fully saturated rings. The number of fused-ring (bicyclic) bond motifs is 1. The summed E-state index contributed by atoms with van der Waals surface area (Å²) in [6, 6.07) is 8.84. The monoisotopic (exact) mass is 426 g/mol. The van der Waals surface area contributed by atoms with Crippen LogP contribution in [-0.4, -0.2) is 54.4 Å². The molecule has 9 heteroatoms. The van der Waals surface area contributed by atoms with Crippen molar-refractivity contribution in [3.05, 3.63) is 48.3 Å². The summed E-state index contributed by atoms with van der Waals surface area (Å²) in [5.74, 6) is -0.149. The molecule has 1 N–H and O–H groups in total. The van der Waals surface area contributed by atoms with Crippen LogP contribution in [0.25, 0.3) is 0 Å². The average molecular weight is 426 g/mol. The van der Waals surface area contributed by atoms with Crippen LogP contribution >= 0.6 is 11.8 Å². The van der Waals surface area contributed by atoms with E-state index in [2.05, 4.69) is 10.3 Å². The topological polar surface area (TPSA) is 91.8 Å².